The molecule has 0 atom stereocenters. The summed E-state index contributed by atoms with van der Waals surface area (Å²) in [6, 6.07) is 26.0. The minimum atomic E-state index is 1.15. The predicted molar refractivity (Wildman–Crippen MR) is 82.4 cm³/mol. The quantitative estimate of drug-likeness (QED) is 0.606. The molecule has 3 aromatic carbocycles. The van der Waals surface area contributed by atoms with E-state index in [0.717, 1.165) is 12.8 Å². The maximum absolute atomic E-state index is 2.26. The third-order valence-corrected chi connectivity index (χ3v) is 3.63. The monoisotopic (exact) mass is 246 g/mol. The molecule has 0 amide bonds. The smallest absolute Gasteiger partial charge is 0.0152 e. The Morgan fingerprint density at radius 2 is 1.32 bits per heavy atom. The van der Waals surface area contributed by atoms with Crippen LogP contribution in [0.15, 0.2) is 72.8 Å². The Bertz CT molecular complexity index is 648. The number of aryl methyl sites for hydroxylation is 2. The van der Waals surface area contributed by atoms with Crippen molar-refractivity contribution in [2.75, 3.05) is 0 Å². The summed E-state index contributed by atoms with van der Waals surface area (Å²) in [5, 5.41) is 2.75. The van der Waals surface area contributed by atoms with Crippen molar-refractivity contribution in [2.24, 2.45) is 0 Å². The molecule has 0 unspecified atom stereocenters. The molecule has 0 saturated heterocycles. The first-order valence-corrected chi connectivity index (χ1v) is 6.94. The first-order chi connectivity index (χ1) is 9.43. The standard InChI is InChI=1S/C19H18/c1-2-8-16(9-3-1)10-6-12-18-14-7-13-17-11-4-5-15-19(17)18/h1-5,7-9,11,13-15H,6,10,12H2. The highest BCUT2D eigenvalue weighted by molar-refractivity contribution is 5.85. The van der Waals surface area contributed by atoms with Crippen molar-refractivity contribution in [3.8, 4) is 0 Å². The van der Waals surface area contributed by atoms with Gasteiger partial charge in [-0.2, -0.15) is 0 Å². The minimum absolute atomic E-state index is 1.15. The summed E-state index contributed by atoms with van der Waals surface area (Å²) in [5.41, 5.74) is 2.90. The molecule has 0 saturated carbocycles. The second-order valence-corrected chi connectivity index (χ2v) is 4.98. The Morgan fingerprint density at radius 1 is 0.579 bits per heavy atom. The Kier molecular flexibility index (Phi) is 3.60. The van der Waals surface area contributed by atoms with Gasteiger partial charge in [-0.3, -0.25) is 0 Å². The van der Waals surface area contributed by atoms with Crippen LogP contribution < -0.4 is 0 Å². The Morgan fingerprint density at radius 3 is 2.21 bits per heavy atom. The fraction of sp³-hybridized carbons (Fsp3) is 0.158. The summed E-state index contributed by atoms with van der Waals surface area (Å²) in [6.07, 6.45) is 3.51. The summed E-state index contributed by atoms with van der Waals surface area (Å²) >= 11 is 0. The average Bonchev–Trinajstić information content (AvgIpc) is 2.49. The highest BCUT2D eigenvalue weighted by Gasteiger charge is 2.00. The van der Waals surface area contributed by atoms with Gasteiger partial charge in [-0.15, -0.1) is 0 Å². The normalized spacial score (nSPS) is 10.7. The van der Waals surface area contributed by atoms with E-state index < -0.39 is 0 Å². The molecule has 19 heavy (non-hydrogen) atoms. The second kappa shape index (κ2) is 5.71. The molecule has 0 heterocycles. The Hall–Kier alpha value is -2.08. The van der Waals surface area contributed by atoms with E-state index in [1.54, 1.807) is 0 Å². The molecule has 0 fully saturated rings. The molecular weight excluding hydrogens is 228 g/mol. The van der Waals surface area contributed by atoms with E-state index in [4.69, 9.17) is 0 Å². The highest BCUT2D eigenvalue weighted by atomic mass is 14.0. The molecule has 3 rings (SSSR count). The lowest BCUT2D eigenvalue weighted by atomic mass is 9.99. The summed E-state index contributed by atoms with van der Waals surface area (Å²) in [5.74, 6) is 0. The van der Waals surface area contributed by atoms with E-state index in [0.29, 0.717) is 0 Å². The summed E-state index contributed by atoms with van der Waals surface area (Å²) < 4.78 is 0. The molecule has 0 aliphatic rings. The van der Waals surface area contributed by atoms with Gasteiger partial charge in [0.1, 0.15) is 0 Å². The maximum Gasteiger partial charge on any atom is -0.0152 e. The van der Waals surface area contributed by atoms with Crippen LogP contribution >= 0.6 is 0 Å². The van der Waals surface area contributed by atoms with Crippen molar-refractivity contribution < 1.29 is 0 Å². The van der Waals surface area contributed by atoms with Crippen molar-refractivity contribution in [3.05, 3.63) is 83.9 Å². The number of rotatable bonds is 4. The van der Waals surface area contributed by atoms with Crippen LogP contribution in [0.25, 0.3) is 10.8 Å². The van der Waals surface area contributed by atoms with Crippen molar-refractivity contribution in [1.29, 1.82) is 0 Å². The van der Waals surface area contributed by atoms with Crippen molar-refractivity contribution in [2.45, 2.75) is 19.3 Å². The first-order valence-electron chi connectivity index (χ1n) is 6.94. The fourth-order valence-electron chi connectivity index (χ4n) is 2.64. The third kappa shape index (κ3) is 2.85. The van der Waals surface area contributed by atoms with Crippen LogP contribution in [-0.4, -0.2) is 0 Å². The Labute approximate surface area is 114 Å². The molecule has 0 nitrogen and oxygen atoms in total. The molecule has 3 aromatic rings. The molecule has 0 radical (unpaired) electrons. The van der Waals surface area contributed by atoms with Crippen LogP contribution in [0, 0.1) is 0 Å². The molecule has 0 aliphatic heterocycles. The highest BCUT2D eigenvalue weighted by Crippen LogP contribution is 2.20. The van der Waals surface area contributed by atoms with Crippen LogP contribution in [0.2, 0.25) is 0 Å². The lowest BCUT2D eigenvalue weighted by molar-refractivity contribution is 0.825. The molecule has 0 spiro atoms. The van der Waals surface area contributed by atoms with Gasteiger partial charge in [0.05, 0.1) is 0 Å². The van der Waals surface area contributed by atoms with Crippen molar-refractivity contribution in [1.82, 2.24) is 0 Å². The lowest BCUT2D eigenvalue weighted by Gasteiger charge is -2.06. The SMILES string of the molecule is c1ccc(CCCc2cccc3ccccc23)cc1. The summed E-state index contributed by atoms with van der Waals surface area (Å²) in [4.78, 5) is 0. The van der Waals surface area contributed by atoms with Gasteiger partial charge >= 0.3 is 0 Å². The van der Waals surface area contributed by atoms with E-state index in [9.17, 15) is 0 Å². The lowest BCUT2D eigenvalue weighted by Crippen LogP contribution is -1.91. The number of hydrogen-bond donors (Lipinski definition) is 0. The predicted octanol–water partition coefficient (Wildman–Crippen LogP) is 5.02. The zero-order valence-electron chi connectivity index (χ0n) is 11.0. The van der Waals surface area contributed by atoms with E-state index in [-0.39, 0.29) is 0 Å². The van der Waals surface area contributed by atoms with Crippen LogP contribution in [0.4, 0.5) is 0 Å². The average molecular weight is 246 g/mol. The fourth-order valence-corrected chi connectivity index (χ4v) is 2.64. The molecule has 94 valence electrons. The molecule has 0 aromatic heterocycles. The van der Waals surface area contributed by atoms with Gasteiger partial charge in [-0.05, 0) is 41.2 Å². The summed E-state index contributed by atoms with van der Waals surface area (Å²) in [6.45, 7) is 0. The number of fused-ring (bicyclic) bond motifs is 1. The molecule has 0 bridgehead atoms. The van der Waals surface area contributed by atoms with Crippen LogP contribution in [0.3, 0.4) is 0 Å². The zero-order valence-corrected chi connectivity index (χ0v) is 11.0. The van der Waals surface area contributed by atoms with E-state index >= 15 is 0 Å². The zero-order chi connectivity index (χ0) is 12.9. The van der Waals surface area contributed by atoms with E-state index in [1.807, 2.05) is 0 Å². The molecule has 0 heteroatoms. The van der Waals surface area contributed by atoms with Gasteiger partial charge in [-0.25, -0.2) is 0 Å². The topological polar surface area (TPSA) is 0 Å². The Balaban J connectivity index is 1.72. The van der Waals surface area contributed by atoms with Gasteiger partial charge in [-0.1, -0.05) is 72.8 Å². The van der Waals surface area contributed by atoms with Gasteiger partial charge in [0.25, 0.3) is 0 Å². The van der Waals surface area contributed by atoms with Crippen LogP contribution in [0.5, 0.6) is 0 Å². The summed E-state index contributed by atoms with van der Waals surface area (Å²) in [7, 11) is 0. The maximum atomic E-state index is 2.26. The van der Waals surface area contributed by atoms with Crippen molar-refractivity contribution >= 4 is 10.8 Å². The van der Waals surface area contributed by atoms with Gasteiger partial charge in [0.15, 0.2) is 0 Å². The van der Waals surface area contributed by atoms with Crippen LogP contribution in [-0.2, 0) is 12.8 Å². The third-order valence-electron chi connectivity index (χ3n) is 3.63. The van der Waals surface area contributed by atoms with E-state index in [2.05, 4.69) is 72.8 Å². The number of hydrogen-bond acceptors (Lipinski definition) is 0. The van der Waals surface area contributed by atoms with Crippen LogP contribution in [0.1, 0.15) is 17.5 Å². The first kappa shape index (κ1) is 12.0. The second-order valence-electron chi connectivity index (χ2n) is 4.98. The largest absolute Gasteiger partial charge is 0.0622 e. The van der Waals surface area contributed by atoms with Gasteiger partial charge < -0.3 is 0 Å². The van der Waals surface area contributed by atoms with Crippen molar-refractivity contribution in [3.63, 3.8) is 0 Å². The molecule has 0 aliphatic carbocycles. The van der Waals surface area contributed by atoms with E-state index in [1.165, 1.54) is 28.3 Å². The van der Waals surface area contributed by atoms with Gasteiger partial charge in [0.2, 0.25) is 0 Å². The molecule has 0 N–H and O–H groups in total. The molecular formula is C19H18. The minimum Gasteiger partial charge on any atom is -0.0622 e. The van der Waals surface area contributed by atoms with Gasteiger partial charge in [0, 0.05) is 0 Å². The number of benzene rings is 3.